The Hall–Kier alpha value is -8.08. The number of hydrogen-bond acceptors (Lipinski definition) is 4. The lowest BCUT2D eigenvalue weighted by Gasteiger charge is -2.20. The van der Waals surface area contributed by atoms with Gasteiger partial charge in [0.15, 0.2) is 17.5 Å². The Morgan fingerprint density at radius 1 is 0.267 bits per heavy atom. The van der Waals surface area contributed by atoms with Crippen molar-refractivity contribution in [1.29, 1.82) is 0 Å². The van der Waals surface area contributed by atoms with Gasteiger partial charge >= 0.3 is 0 Å². The lowest BCUT2D eigenvalue weighted by atomic mass is 9.84. The summed E-state index contributed by atoms with van der Waals surface area (Å²) in [4.78, 5) is 21.0. The summed E-state index contributed by atoms with van der Waals surface area (Å²) in [5.74, 6) is 1.91. The zero-order valence-corrected chi connectivity index (χ0v) is 32.4. The fourth-order valence-electron chi connectivity index (χ4n) is 9.16. The molecule has 0 aliphatic rings. The molecule has 0 aliphatic carbocycles. The van der Waals surface area contributed by atoms with E-state index in [0.717, 1.165) is 71.3 Å². The van der Waals surface area contributed by atoms with Gasteiger partial charge in [-0.2, -0.15) is 0 Å². The maximum atomic E-state index is 5.49. The molecule has 60 heavy (non-hydrogen) atoms. The molecule has 0 saturated heterocycles. The molecule has 4 heteroatoms. The van der Waals surface area contributed by atoms with Crippen molar-refractivity contribution in [3.05, 3.63) is 206 Å². The van der Waals surface area contributed by atoms with Gasteiger partial charge in [-0.25, -0.2) is 19.9 Å². The summed E-state index contributed by atoms with van der Waals surface area (Å²) in [6.45, 7) is 0. The Morgan fingerprint density at radius 2 is 0.700 bits per heavy atom. The number of benzene rings is 10. The normalized spacial score (nSPS) is 11.7. The average molecular weight is 763 g/mol. The van der Waals surface area contributed by atoms with E-state index in [-0.39, 0.29) is 0 Å². The van der Waals surface area contributed by atoms with Crippen LogP contribution in [-0.2, 0) is 0 Å². The number of nitrogens with zero attached hydrogens (tertiary/aromatic N) is 4. The molecule has 0 radical (unpaired) electrons. The van der Waals surface area contributed by atoms with Crippen LogP contribution in [0.2, 0.25) is 0 Å². The van der Waals surface area contributed by atoms with Gasteiger partial charge in [-0.3, -0.25) is 0 Å². The fourth-order valence-corrected chi connectivity index (χ4v) is 9.16. The molecule has 0 fully saturated rings. The molecule has 2 heterocycles. The van der Waals surface area contributed by atoms with Crippen molar-refractivity contribution in [2.24, 2.45) is 0 Å². The molecule has 10 aromatic carbocycles. The zero-order chi connectivity index (χ0) is 39.6. The van der Waals surface area contributed by atoms with Crippen LogP contribution in [-0.4, -0.2) is 19.9 Å². The summed E-state index contributed by atoms with van der Waals surface area (Å²) >= 11 is 0. The average Bonchev–Trinajstić information content (AvgIpc) is 3.32. The maximum Gasteiger partial charge on any atom is 0.165 e. The summed E-state index contributed by atoms with van der Waals surface area (Å²) in [5, 5.41) is 12.6. The first-order chi connectivity index (χ1) is 29.8. The topological polar surface area (TPSA) is 51.6 Å². The van der Waals surface area contributed by atoms with E-state index in [1.165, 1.54) is 32.5 Å². The summed E-state index contributed by atoms with van der Waals surface area (Å²) in [6, 6.07) is 72.9. The standard InChI is InChI=1S/C56H34N4/c1-4-18-35(19-5-1)53-48-34-46(40-26-12-13-27-41(40)51(48)47-32-38-24-10-11-25-39(38)33-49(47)57-53)50-42-28-14-16-30-44(42)52(45-31-17-15-29-43(45)50)56-59-54(36-20-6-2-7-21-36)58-55(60-56)37-22-8-3-9-23-37/h1-34H. The largest absolute Gasteiger partial charge is 0.247 e. The lowest BCUT2D eigenvalue weighted by molar-refractivity contribution is 1.08. The van der Waals surface area contributed by atoms with Gasteiger partial charge in [-0.15, -0.1) is 0 Å². The number of fused-ring (bicyclic) bond motifs is 8. The summed E-state index contributed by atoms with van der Waals surface area (Å²) < 4.78 is 0. The SMILES string of the molecule is c1ccc(-c2nc(-c3ccccc3)nc(-c3c4ccccc4c(-c4cc5c(-c6ccccc6)nc6cc7ccccc7cc6c5c5ccccc45)c4ccccc34)n2)cc1. The highest BCUT2D eigenvalue weighted by Crippen LogP contribution is 2.48. The minimum absolute atomic E-state index is 0.637. The van der Waals surface area contributed by atoms with Crippen molar-refractivity contribution in [2.75, 3.05) is 0 Å². The number of hydrogen-bond donors (Lipinski definition) is 0. The third-order valence-corrected chi connectivity index (χ3v) is 11.8. The predicted octanol–water partition coefficient (Wildman–Crippen LogP) is 14.5. The molecule has 0 atom stereocenters. The molecule has 0 unspecified atom stereocenters. The third kappa shape index (κ3) is 5.46. The molecule has 12 aromatic rings. The van der Waals surface area contributed by atoms with Crippen LogP contribution >= 0.6 is 0 Å². The van der Waals surface area contributed by atoms with E-state index in [2.05, 4.69) is 170 Å². The highest BCUT2D eigenvalue weighted by atomic mass is 15.0. The first kappa shape index (κ1) is 34.0. The second-order valence-corrected chi connectivity index (χ2v) is 15.3. The van der Waals surface area contributed by atoms with E-state index >= 15 is 0 Å². The molecule has 278 valence electrons. The molecule has 4 nitrogen and oxygen atoms in total. The smallest absolute Gasteiger partial charge is 0.165 e. The van der Waals surface area contributed by atoms with Gasteiger partial charge in [0, 0.05) is 38.4 Å². The molecule has 0 bridgehead atoms. The Balaban J connectivity index is 1.21. The summed E-state index contributed by atoms with van der Waals surface area (Å²) in [6.07, 6.45) is 0. The van der Waals surface area contributed by atoms with Gasteiger partial charge in [0.25, 0.3) is 0 Å². The molecule has 0 N–H and O–H groups in total. The number of pyridine rings is 1. The molecule has 0 spiro atoms. The molecular formula is C56H34N4. The van der Waals surface area contributed by atoms with Crippen molar-refractivity contribution in [2.45, 2.75) is 0 Å². The van der Waals surface area contributed by atoms with Crippen molar-refractivity contribution >= 4 is 64.8 Å². The molecule has 0 amide bonds. The van der Waals surface area contributed by atoms with Gasteiger partial charge in [-0.05, 0) is 72.4 Å². The Morgan fingerprint density at radius 3 is 1.27 bits per heavy atom. The minimum Gasteiger partial charge on any atom is -0.247 e. The van der Waals surface area contributed by atoms with Crippen LogP contribution in [0, 0.1) is 0 Å². The van der Waals surface area contributed by atoms with Crippen molar-refractivity contribution in [1.82, 2.24) is 19.9 Å². The Bertz CT molecular complexity index is 3530. The summed E-state index contributed by atoms with van der Waals surface area (Å²) in [7, 11) is 0. The molecule has 0 saturated carbocycles. The Labute approximate surface area is 346 Å². The van der Waals surface area contributed by atoms with Crippen LogP contribution in [0.4, 0.5) is 0 Å². The van der Waals surface area contributed by atoms with E-state index in [1.54, 1.807) is 0 Å². The predicted molar refractivity (Wildman–Crippen MR) is 250 cm³/mol. The molecule has 2 aromatic heterocycles. The monoisotopic (exact) mass is 762 g/mol. The van der Waals surface area contributed by atoms with E-state index < -0.39 is 0 Å². The van der Waals surface area contributed by atoms with E-state index in [0.29, 0.717) is 17.5 Å². The third-order valence-electron chi connectivity index (χ3n) is 11.8. The van der Waals surface area contributed by atoms with Crippen LogP contribution in [0.15, 0.2) is 206 Å². The summed E-state index contributed by atoms with van der Waals surface area (Å²) in [5.41, 5.74) is 8.23. The molecular weight excluding hydrogens is 729 g/mol. The highest BCUT2D eigenvalue weighted by Gasteiger charge is 2.23. The Kier molecular flexibility index (Phi) is 7.82. The van der Waals surface area contributed by atoms with Crippen LogP contribution in [0.5, 0.6) is 0 Å². The van der Waals surface area contributed by atoms with E-state index in [9.17, 15) is 0 Å². The second-order valence-electron chi connectivity index (χ2n) is 15.3. The van der Waals surface area contributed by atoms with Gasteiger partial charge < -0.3 is 0 Å². The fraction of sp³-hybridized carbons (Fsp3) is 0. The van der Waals surface area contributed by atoms with Crippen LogP contribution < -0.4 is 0 Å². The van der Waals surface area contributed by atoms with Crippen LogP contribution in [0.3, 0.4) is 0 Å². The molecule has 12 rings (SSSR count). The second kappa shape index (κ2) is 13.8. The first-order valence-corrected chi connectivity index (χ1v) is 20.3. The van der Waals surface area contributed by atoms with Gasteiger partial charge in [0.05, 0.1) is 11.2 Å². The van der Waals surface area contributed by atoms with Gasteiger partial charge in [0.2, 0.25) is 0 Å². The number of rotatable bonds is 5. The number of aromatic nitrogens is 4. The van der Waals surface area contributed by atoms with Gasteiger partial charge in [-0.1, -0.05) is 188 Å². The van der Waals surface area contributed by atoms with Crippen molar-refractivity contribution in [3.8, 4) is 56.5 Å². The van der Waals surface area contributed by atoms with E-state index in [4.69, 9.17) is 19.9 Å². The van der Waals surface area contributed by atoms with Crippen molar-refractivity contribution < 1.29 is 0 Å². The molecule has 0 aliphatic heterocycles. The van der Waals surface area contributed by atoms with Crippen LogP contribution in [0.25, 0.3) is 121 Å². The maximum absolute atomic E-state index is 5.49. The lowest BCUT2D eigenvalue weighted by Crippen LogP contribution is -2.01. The van der Waals surface area contributed by atoms with Crippen molar-refractivity contribution in [3.63, 3.8) is 0 Å². The minimum atomic E-state index is 0.637. The quantitative estimate of drug-likeness (QED) is 0.129. The van der Waals surface area contributed by atoms with E-state index in [1.807, 2.05) is 36.4 Å². The first-order valence-electron chi connectivity index (χ1n) is 20.3. The van der Waals surface area contributed by atoms with Gasteiger partial charge in [0.1, 0.15) is 0 Å². The highest BCUT2D eigenvalue weighted by molar-refractivity contribution is 6.30. The zero-order valence-electron chi connectivity index (χ0n) is 32.4. The van der Waals surface area contributed by atoms with Crippen LogP contribution in [0.1, 0.15) is 0 Å².